The van der Waals surface area contributed by atoms with E-state index >= 15 is 8.78 Å². The van der Waals surface area contributed by atoms with Gasteiger partial charge in [0.15, 0.2) is 6.04 Å². The van der Waals surface area contributed by atoms with Gasteiger partial charge in [0.1, 0.15) is 0 Å². The lowest BCUT2D eigenvalue weighted by molar-refractivity contribution is -0.145. The molecule has 1 aromatic heterocycles. The normalized spacial score (nSPS) is 17.6. The molecule has 2 heterocycles. The number of nitrogens with one attached hydrogen (secondary N) is 1. The number of fused-ring (bicyclic) bond motifs is 1. The molecule has 6 rings (SSSR count). The number of benzene rings is 3. The maximum Gasteiger partial charge on any atom is 0.298 e. The number of carbonyl (C=O) groups is 1. The van der Waals surface area contributed by atoms with Crippen molar-refractivity contribution < 1.29 is 22.0 Å². The number of piperidine rings is 1. The Hall–Kier alpha value is -3.38. The topological polar surface area (TPSA) is 110 Å². The number of nitrogens with zero attached hydrogens (tertiary/aromatic N) is 3. The van der Waals surface area contributed by atoms with Crippen molar-refractivity contribution in [1.29, 1.82) is 0 Å². The van der Waals surface area contributed by atoms with E-state index in [1.807, 2.05) is 4.68 Å². The fraction of sp³-hybridized carbons (Fsp3) is 0.394. The van der Waals surface area contributed by atoms with Crippen molar-refractivity contribution in [2.45, 2.75) is 68.0 Å². The summed E-state index contributed by atoms with van der Waals surface area (Å²) >= 11 is 5.98. The Morgan fingerprint density at radius 1 is 0.978 bits per heavy atom. The molecule has 1 amide bonds. The minimum atomic E-state index is -4.56. The summed E-state index contributed by atoms with van der Waals surface area (Å²) in [5.41, 5.74) is 7.70. The molecule has 1 atom stereocenters. The highest BCUT2D eigenvalue weighted by Gasteiger charge is 2.50. The summed E-state index contributed by atoms with van der Waals surface area (Å²) in [5.74, 6) is -4.35. The van der Waals surface area contributed by atoms with Crippen LogP contribution in [0.3, 0.4) is 0 Å². The van der Waals surface area contributed by atoms with Crippen LogP contribution in [0.1, 0.15) is 44.1 Å². The minimum absolute atomic E-state index is 0.147. The van der Waals surface area contributed by atoms with Gasteiger partial charge in [0.05, 0.1) is 16.6 Å². The van der Waals surface area contributed by atoms with Gasteiger partial charge < -0.3 is 10.6 Å². The summed E-state index contributed by atoms with van der Waals surface area (Å²) in [6.45, 7) is 1.07. The first-order valence-corrected chi connectivity index (χ1v) is 17.1. The fourth-order valence-electron chi connectivity index (χ4n) is 6.31. The zero-order valence-electron chi connectivity index (χ0n) is 24.7. The van der Waals surface area contributed by atoms with E-state index < -0.39 is 33.5 Å². The number of hydrogen-bond acceptors (Lipinski definition) is 5. The monoisotopic (exact) mass is 655 g/mol. The molecule has 3 N–H and O–H groups in total. The number of halogens is 3. The predicted octanol–water partition coefficient (Wildman–Crippen LogP) is 5.94. The Labute approximate surface area is 266 Å². The van der Waals surface area contributed by atoms with E-state index in [4.69, 9.17) is 17.3 Å². The molecule has 12 heteroatoms. The summed E-state index contributed by atoms with van der Waals surface area (Å²) in [6, 6.07) is 14.3. The Morgan fingerprint density at radius 3 is 2.24 bits per heavy atom. The lowest BCUT2D eigenvalue weighted by Gasteiger charge is -2.35. The third kappa shape index (κ3) is 6.77. The third-order valence-electron chi connectivity index (χ3n) is 9.01. The number of hydrogen-bond donors (Lipinski definition) is 2. The average Bonchev–Trinajstić information content (AvgIpc) is 3.70. The first-order chi connectivity index (χ1) is 21.5. The summed E-state index contributed by atoms with van der Waals surface area (Å²) < 4.78 is 64.0. The smallest absolute Gasteiger partial charge is 0.298 e. The molecular formula is C33H36ClF2N5O3S. The molecule has 0 spiro atoms. The van der Waals surface area contributed by atoms with Crippen LogP contribution in [-0.4, -0.2) is 54.2 Å². The average molecular weight is 656 g/mol. The quantitative estimate of drug-likeness (QED) is 0.232. The van der Waals surface area contributed by atoms with Gasteiger partial charge in [-0.3, -0.25) is 9.48 Å². The Bertz CT molecular complexity index is 1770. The van der Waals surface area contributed by atoms with Crippen LogP contribution >= 0.6 is 11.6 Å². The van der Waals surface area contributed by atoms with Gasteiger partial charge in [-0.25, -0.2) is 8.42 Å². The minimum Gasteiger partial charge on any atom is -0.341 e. The van der Waals surface area contributed by atoms with Crippen LogP contribution < -0.4 is 10.5 Å². The van der Waals surface area contributed by atoms with Crippen molar-refractivity contribution in [2.75, 3.05) is 13.1 Å². The highest BCUT2D eigenvalue weighted by Crippen LogP contribution is 2.36. The molecule has 0 bridgehead atoms. The van der Waals surface area contributed by atoms with Gasteiger partial charge in [-0.15, -0.1) is 0 Å². The van der Waals surface area contributed by atoms with E-state index in [0.29, 0.717) is 34.7 Å². The lowest BCUT2D eigenvalue weighted by Crippen LogP contribution is -2.57. The molecule has 1 aliphatic carbocycles. The van der Waals surface area contributed by atoms with Crippen LogP contribution in [0, 0.1) is 5.92 Å². The number of amides is 1. The summed E-state index contributed by atoms with van der Waals surface area (Å²) in [6.07, 6.45) is 7.11. The lowest BCUT2D eigenvalue weighted by atomic mass is 9.96. The van der Waals surface area contributed by atoms with Gasteiger partial charge >= 0.3 is 0 Å². The molecule has 1 saturated carbocycles. The van der Waals surface area contributed by atoms with Crippen molar-refractivity contribution in [3.8, 4) is 11.1 Å². The molecule has 1 aliphatic heterocycles. The van der Waals surface area contributed by atoms with E-state index in [-0.39, 0.29) is 24.0 Å². The van der Waals surface area contributed by atoms with Crippen LogP contribution in [0.5, 0.6) is 0 Å². The molecule has 238 valence electrons. The number of carbonyl (C=O) groups excluding carboxylic acids is 1. The SMILES string of the molecule is NC1CCN(C(=O)[C@@H](NS(=O)(=O)c2ccc3c(cnn3CC3CCCC3)c2)C(F)(F)c2ccc(-c3ccc(Cl)cc3)cc2)CC1. The zero-order valence-corrected chi connectivity index (χ0v) is 26.3. The largest absolute Gasteiger partial charge is 0.341 e. The van der Waals surface area contributed by atoms with Crippen molar-refractivity contribution in [3.05, 3.63) is 83.5 Å². The van der Waals surface area contributed by atoms with Crippen molar-refractivity contribution >= 4 is 38.4 Å². The number of sulfonamides is 1. The van der Waals surface area contributed by atoms with Crippen molar-refractivity contribution in [2.24, 2.45) is 11.7 Å². The third-order valence-corrected chi connectivity index (χ3v) is 10.7. The summed E-state index contributed by atoms with van der Waals surface area (Å²) in [5, 5.41) is 5.58. The van der Waals surface area contributed by atoms with Gasteiger partial charge in [0.2, 0.25) is 15.9 Å². The number of nitrogens with two attached hydrogens (primary N) is 1. The summed E-state index contributed by atoms with van der Waals surface area (Å²) in [7, 11) is -4.56. The van der Waals surface area contributed by atoms with Crippen molar-refractivity contribution in [3.63, 3.8) is 0 Å². The Morgan fingerprint density at radius 2 is 1.60 bits per heavy atom. The molecule has 45 heavy (non-hydrogen) atoms. The molecule has 8 nitrogen and oxygen atoms in total. The highest BCUT2D eigenvalue weighted by molar-refractivity contribution is 7.89. The second-order valence-electron chi connectivity index (χ2n) is 12.1. The molecule has 2 fully saturated rings. The number of likely N-dealkylation sites (tertiary alicyclic amines) is 1. The number of aromatic nitrogens is 2. The van der Waals surface area contributed by atoms with Gasteiger partial charge in [0.25, 0.3) is 5.92 Å². The maximum absolute atomic E-state index is 16.4. The Balaban J connectivity index is 1.29. The van der Waals surface area contributed by atoms with Gasteiger partial charge in [-0.2, -0.15) is 18.6 Å². The van der Waals surface area contributed by atoms with Gasteiger partial charge in [-0.1, -0.05) is 60.8 Å². The van der Waals surface area contributed by atoms with Crippen LogP contribution in [0.25, 0.3) is 22.0 Å². The maximum atomic E-state index is 16.4. The first kappa shape index (κ1) is 31.6. The van der Waals surface area contributed by atoms with Crippen LogP contribution in [0.4, 0.5) is 8.78 Å². The van der Waals surface area contributed by atoms with Crippen LogP contribution in [-0.2, 0) is 27.3 Å². The van der Waals surface area contributed by atoms with Crippen LogP contribution in [0.15, 0.2) is 77.8 Å². The zero-order chi connectivity index (χ0) is 31.8. The van der Waals surface area contributed by atoms with Gasteiger partial charge in [-0.05, 0) is 73.1 Å². The second kappa shape index (κ2) is 12.8. The van der Waals surface area contributed by atoms with Crippen LogP contribution in [0.2, 0.25) is 5.02 Å². The second-order valence-corrected chi connectivity index (χ2v) is 14.3. The van der Waals surface area contributed by atoms with E-state index in [9.17, 15) is 13.2 Å². The Kier molecular flexibility index (Phi) is 8.98. The molecule has 0 unspecified atom stereocenters. The molecular weight excluding hydrogens is 620 g/mol. The molecule has 4 aromatic rings. The van der Waals surface area contributed by atoms with Gasteiger partial charge in [0, 0.05) is 41.6 Å². The molecule has 2 aliphatic rings. The predicted molar refractivity (Wildman–Crippen MR) is 170 cm³/mol. The van der Waals surface area contributed by atoms with E-state index in [2.05, 4.69) is 9.82 Å². The number of rotatable bonds is 9. The fourth-order valence-corrected chi connectivity index (χ4v) is 7.66. The van der Waals surface area contributed by atoms with E-state index in [0.717, 1.165) is 30.5 Å². The standard InChI is InChI=1S/C33H36ClF2N5O3S/c34-27-11-7-24(8-12-27)23-5-9-26(10-6-23)33(35,36)31(32(42)40-17-15-28(37)16-18-40)39-45(43,44)29-13-14-30-25(19-29)20-38-41(30)21-22-3-1-2-4-22/h5-14,19-20,22,28,31,39H,1-4,15-18,21,37H2/t31-/m1/s1. The highest BCUT2D eigenvalue weighted by atomic mass is 35.5. The van der Waals surface area contributed by atoms with E-state index in [1.54, 1.807) is 36.5 Å². The molecule has 0 radical (unpaired) electrons. The first-order valence-electron chi connectivity index (χ1n) is 15.3. The number of alkyl halides is 2. The molecule has 1 saturated heterocycles. The van der Waals surface area contributed by atoms with E-state index in [1.165, 1.54) is 54.1 Å². The summed E-state index contributed by atoms with van der Waals surface area (Å²) in [4.78, 5) is 14.7. The molecule has 3 aromatic carbocycles. The van der Waals surface area contributed by atoms with Crippen molar-refractivity contribution in [1.82, 2.24) is 19.4 Å².